The summed E-state index contributed by atoms with van der Waals surface area (Å²) in [4.78, 5) is 13.0. The van der Waals surface area contributed by atoms with Crippen LogP contribution in [0.3, 0.4) is 0 Å². The molecule has 1 saturated carbocycles. The summed E-state index contributed by atoms with van der Waals surface area (Å²) in [6.07, 6.45) is 2.45. The van der Waals surface area contributed by atoms with Crippen LogP contribution in [0.4, 0.5) is 20.2 Å². The summed E-state index contributed by atoms with van der Waals surface area (Å²) in [6.45, 7) is 0. The van der Waals surface area contributed by atoms with Gasteiger partial charge < -0.3 is 24.4 Å². The van der Waals surface area contributed by atoms with Gasteiger partial charge in [0.15, 0.2) is 5.82 Å². The van der Waals surface area contributed by atoms with Crippen LogP contribution < -0.4 is 14.3 Å². The number of rotatable bonds is 8. The molecule has 0 bridgehead atoms. The van der Waals surface area contributed by atoms with Crippen LogP contribution in [0.5, 0.6) is 5.75 Å². The SMILES string of the molecule is CNC(=O)c1c(-c2ccc(F)cc2)oc2cc(N(c3ccc(OB(O)O)cc3F)S(C)(=O)=O)c(C3CC3)cc12. The number of anilines is 2. The van der Waals surface area contributed by atoms with Crippen molar-refractivity contribution in [2.45, 2.75) is 18.8 Å². The summed E-state index contributed by atoms with van der Waals surface area (Å²) in [6, 6.07) is 11.7. The Morgan fingerprint density at radius 2 is 1.77 bits per heavy atom. The molecule has 0 atom stereocenters. The fourth-order valence-electron chi connectivity index (χ4n) is 4.54. The van der Waals surface area contributed by atoms with Gasteiger partial charge in [-0.2, -0.15) is 0 Å². The Labute approximate surface area is 222 Å². The van der Waals surface area contributed by atoms with Gasteiger partial charge in [0.25, 0.3) is 5.91 Å². The second kappa shape index (κ2) is 9.99. The summed E-state index contributed by atoms with van der Waals surface area (Å²) < 4.78 is 66.6. The molecule has 1 heterocycles. The Hall–Kier alpha value is -3.94. The second-order valence-electron chi connectivity index (χ2n) is 9.16. The Bertz CT molecular complexity index is 1690. The molecule has 0 radical (unpaired) electrons. The zero-order valence-corrected chi connectivity index (χ0v) is 21.6. The first-order valence-electron chi connectivity index (χ1n) is 11.9. The van der Waals surface area contributed by atoms with Crippen molar-refractivity contribution in [3.05, 3.63) is 77.4 Å². The van der Waals surface area contributed by atoms with Crippen molar-refractivity contribution in [3.63, 3.8) is 0 Å². The number of nitrogens with zero attached hydrogens (tertiary/aromatic N) is 1. The Morgan fingerprint density at radius 1 is 1.08 bits per heavy atom. The summed E-state index contributed by atoms with van der Waals surface area (Å²) in [7, 11) is -4.84. The van der Waals surface area contributed by atoms with Gasteiger partial charge >= 0.3 is 7.32 Å². The number of nitrogens with one attached hydrogen (secondary N) is 1. The average molecular weight is 556 g/mol. The van der Waals surface area contributed by atoms with Crippen LogP contribution in [0.25, 0.3) is 22.3 Å². The summed E-state index contributed by atoms with van der Waals surface area (Å²) in [5, 5.41) is 21.0. The van der Waals surface area contributed by atoms with Crippen LogP contribution in [0.1, 0.15) is 34.7 Å². The predicted molar refractivity (Wildman–Crippen MR) is 141 cm³/mol. The highest BCUT2D eigenvalue weighted by Gasteiger charge is 2.34. The van der Waals surface area contributed by atoms with E-state index in [0.29, 0.717) is 16.5 Å². The van der Waals surface area contributed by atoms with Crippen LogP contribution >= 0.6 is 0 Å². The molecule has 0 saturated heterocycles. The second-order valence-corrected chi connectivity index (χ2v) is 11.0. The molecule has 4 aromatic rings. The molecule has 1 aromatic heterocycles. The van der Waals surface area contributed by atoms with Crippen molar-refractivity contribution in [2.75, 3.05) is 17.6 Å². The van der Waals surface area contributed by atoms with E-state index in [0.717, 1.165) is 35.5 Å². The van der Waals surface area contributed by atoms with Gasteiger partial charge in [-0.05, 0) is 66.8 Å². The minimum Gasteiger partial charge on any atom is -0.512 e. The summed E-state index contributed by atoms with van der Waals surface area (Å²) in [5.74, 6) is -1.99. The van der Waals surface area contributed by atoms with Gasteiger partial charge in [-0.1, -0.05) is 0 Å². The van der Waals surface area contributed by atoms with Crippen molar-refractivity contribution in [1.29, 1.82) is 0 Å². The van der Waals surface area contributed by atoms with Crippen LogP contribution in [-0.2, 0) is 10.0 Å². The van der Waals surface area contributed by atoms with Crippen molar-refractivity contribution in [1.82, 2.24) is 5.32 Å². The molecule has 9 nitrogen and oxygen atoms in total. The number of halogens is 2. The number of hydrogen-bond acceptors (Lipinski definition) is 7. The van der Waals surface area contributed by atoms with Gasteiger partial charge in [-0.15, -0.1) is 0 Å². The normalized spacial score (nSPS) is 13.4. The van der Waals surface area contributed by atoms with Gasteiger partial charge in [0.1, 0.15) is 22.9 Å². The molecule has 1 amide bonds. The highest BCUT2D eigenvalue weighted by atomic mass is 32.2. The molecule has 5 rings (SSSR count). The Morgan fingerprint density at radius 3 is 2.33 bits per heavy atom. The maximum Gasteiger partial charge on any atom is 0.707 e. The topological polar surface area (TPSA) is 129 Å². The van der Waals surface area contributed by atoms with E-state index < -0.39 is 34.9 Å². The van der Waals surface area contributed by atoms with E-state index in [9.17, 15) is 17.6 Å². The largest absolute Gasteiger partial charge is 0.707 e. The molecular formula is C26H23BF2N2O7S. The molecule has 39 heavy (non-hydrogen) atoms. The third kappa shape index (κ3) is 5.20. The molecule has 1 aliphatic rings. The number of amides is 1. The van der Waals surface area contributed by atoms with E-state index in [1.54, 1.807) is 6.07 Å². The number of carbonyl (C=O) groups is 1. The molecule has 1 fully saturated rings. The van der Waals surface area contributed by atoms with Crippen molar-refractivity contribution in [2.24, 2.45) is 0 Å². The molecule has 0 spiro atoms. The molecule has 3 aromatic carbocycles. The van der Waals surface area contributed by atoms with Crippen molar-refractivity contribution >= 4 is 45.6 Å². The van der Waals surface area contributed by atoms with E-state index in [1.807, 2.05) is 0 Å². The first-order valence-corrected chi connectivity index (χ1v) is 13.7. The molecule has 13 heteroatoms. The van der Waals surface area contributed by atoms with E-state index in [2.05, 4.69) is 9.97 Å². The number of fused-ring (bicyclic) bond motifs is 1. The van der Waals surface area contributed by atoms with E-state index in [1.165, 1.54) is 43.4 Å². The average Bonchev–Trinajstić information content (AvgIpc) is 3.64. The zero-order valence-electron chi connectivity index (χ0n) is 20.8. The molecule has 202 valence electrons. The van der Waals surface area contributed by atoms with E-state index >= 15 is 4.39 Å². The maximum atomic E-state index is 15.2. The first-order chi connectivity index (χ1) is 18.5. The zero-order chi connectivity index (χ0) is 28.1. The number of hydrogen-bond donors (Lipinski definition) is 3. The smallest absolute Gasteiger partial charge is 0.512 e. The monoisotopic (exact) mass is 556 g/mol. The van der Waals surface area contributed by atoms with Gasteiger partial charge in [0, 0.05) is 30.1 Å². The van der Waals surface area contributed by atoms with Gasteiger partial charge in [-0.25, -0.2) is 21.5 Å². The Balaban J connectivity index is 1.75. The van der Waals surface area contributed by atoms with Crippen LogP contribution in [0.15, 0.2) is 59.0 Å². The number of benzene rings is 3. The predicted octanol–water partition coefficient (Wildman–Crippen LogP) is 4.06. The van der Waals surface area contributed by atoms with E-state index in [4.69, 9.17) is 14.5 Å². The quantitative estimate of drug-likeness (QED) is 0.279. The Kier molecular flexibility index (Phi) is 6.83. The lowest BCUT2D eigenvalue weighted by molar-refractivity contribution is 0.0964. The van der Waals surface area contributed by atoms with Gasteiger partial charge in [0.2, 0.25) is 10.0 Å². The van der Waals surface area contributed by atoms with Crippen LogP contribution in [-0.4, -0.2) is 45.0 Å². The fraction of sp³-hybridized carbons (Fsp3) is 0.192. The lowest BCUT2D eigenvalue weighted by atomic mass is 10.00. The minimum absolute atomic E-state index is 0.0365. The summed E-state index contributed by atoms with van der Waals surface area (Å²) >= 11 is 0. The van der Waals surface area contributed by atoms with Gasteiger partial charge in [-0.3, -0.25) is 4.79 Å². The highest BCUT2D eigenvalue weighted by Crippen LogP contribution is 2.49. The van der Waals surface area contributed by atoms with Crippen molar-refractivity contribution < 1.29 is 41.1 Å². The molecule has 0 unspecified atom stereocenters. The fourth-order valence-corrected chi connectivity index (χ4v) is 5.56. The van der Waals surface area contributed by atoms with E-state index in [-0.39, 0.29) is 39.9 Å². The van der Waals surface area contributed by atoms with Crippen LogP contribution in [0.2, 0.25) is 0 Å². The standard InChI is InChI=1S/C26H23BF2N2O7S/c1-30-26(32)24-19-12-18(14-3-4-14)22(13-23(19)37-25(24)15-5-7-16(28)8-6-15)31(39(2,35)36)21-10-9-17(11-20(21)29)38-27(33)34/h5-14,33-34H,3-4H2,1-2H3,(H,30,32). The third-order valence-corrected chi connectivity index (χ3v) is 7.40. The highest BCUT2D eigenvalue weighted by molar-refractivity contribution is 7.92. The molecule has 0 aliphatic heterocycles. The third-order valence-electron chi connectivity index (χ3n) is 6.34. The lowest BCUT2D eigenvalue weighted by Gasteiger charge is -2.26. The maximum absolute atomic E-state index is 15.2. The molecule has 3 N–H and O–H groups in total. The minimum atomic E-state index is -4.12. The molecular weight excluding hydrogens is 533 g/mol. The first kappa shape index (κ1) is 26.7. The summed E-state index contributed by atoms with van der Waals surface area (Å²) in [5.41, 5.74) is 1.21. The molecule has 1 aliphatic carbocycles. The van der Waals surface area contributed by atoms with Crippen LogP contribution in [0, 0.1) is 11.6 Å². The van der Waals surface area contributed by atoms with Crippen molar-refractivity contribution in [3.8, 4) is 17.1 Å². The lowest BCUT2D eigenvalue weighted by Crippen LogP contribution is -2.27. The van der Waals surface area contributed by atoms with Gasteiger partial charge in [0.05, 0.1) is 23.2 Å². The number of sulfonamides is 1. The number of carbonyl (C=O) groups excluding carboxylic acids is 1. The number of furan rings is 1.